The van der Waals surface area contributed by atoms with Crippen LogP contribution in [-0.4, -0.2) is 23.1 Å². The van der Waals surface area contributed by atoms with Crippen molar-refractivity contribution in [3.05, 3.63) is 35.9 Å². The molecule has 1 spiro atoms. The predicted molar refractivity (Wildman–Crippen MR) is 72.4 cm³/mol. The van der Waals surface area contributed by atoms with Crippen molar-refractivity contribution in [1.82, 2.24) is 4.90 Å². The largest absolute Gasteiger partial charge is 0.330 e. The monoisotopic (exact) mass is 257 g/mol. The van der Waals surface area contributed by atoms with E-state index in [2.05, 4.69) is 0 Å². The Balaban J connectivity index is 1.79. The average molecular weight is 257 g/mol. The summed E-state index contributed by atoms with van der Waals surface area (Å²) in [6.07, 6.45) is 4.69. The Kier molecular flexibility index (Phi) is 3.13. The molecule has 100 valence electrons. The number of amides is 1. The predicted octanol–water partition coefficient (Wildman–Crippen LogP) is 2.55. The zero-order chi connectivity index (χ0) is 13.3. The number of ketones is 1. The summed E-state index contributed by atoms with van der Waals surface area (Å²) in [6, 6.07) is 9.90. The van der Waals surface area contributed by atoms with E-state index >= 15 is 0 Å². The van der Waals surface area contributed by atoms with Gasteiger partial charge in [0.05, 0.1) is 6.54 Å². The third-order valence-corrected chi connectivity index (χ3v) is 4.49. The second kappa shape index (κ2) is 4.80. The van der Waals surface area contributed by atoms with Gasteiger partial charge in [0.15, 0.2) is 5.78 Å². The molecule has 1 aliphatic heterocycles. The van der Waals surface area contributed by atoms with Crippen molar-refractivity contribution in [1.29, 1.82) is 0 Å². The molecule has 2 fully saturated rings. The molecule has 3 nitrogen and oxygen atoms in total. The van der Waals surface area contributed by atoms with Crippen molar-refractivity contribution in [2.45, 2.75) is 38.6 Å². The van der Waals surface area contributed by atoms with Gasteiger partial charge in [-0.25, -0.2) is 0 Å². The maximum atomic E-state index is 12.6. The number of likely N-dealkylation sites (tertiary alicyclic amines) is 1. The minimum absolute atomic E-state index is 0.0704. The molecule has 19 heavy (non-hydrogen) atoms. The quantitative estimate of drug-likeness (QED) is 0.764. The molecule has 1 heterocycles. The van der Waals surface area contributed by atoms with Crippen LogP contribution in [0, 0.1) is 5.41 Å². The van der Waals surface area contributed by atoms with E-state index in [1.165, 1.54) is 0 Å². The summed E-state index contributed by atoms with van der Waals surface area (Å²) in [4.78, 5) is 26.6. The zero-order valence-corrected chi connectivity index (χ0v) is 11.1. The second-order valence-corrected chi connectivity index (χ2v) is 5.71. The Morgan fingerprint density at radius 2 is 1.68 bits per heavy atom. The Hall–Kier alpha value is -1.64. The van der Waals surface area contributed by atoms with E-state index in [4.69, 9.17) is 0 Å². The zero-order valence-electron chi connectivity index (χ0n) is 11.1. The van der Waals surface area contributed by atoms with Crippen molar-refractivity contribution >= 4 is 11.7 Å². The molecule has 0 radical (unpaired) electrons. The number of carbonyl (C=O) groups excluding carboxylic acids is 2. The molecule has 1 amide bonds. The van der Waals surface area contributed by atoms with Gasteiger partial charge in [-0.15, -0.1) is 0 Å². The van der Waals surface area contributed by atoms with E-state index in [1.54, 1.807) is 4.90 Å². The summed E-state index contributed by atoms with van der Waals surface area (Å²) in [5, 5.41) is 0. The highest BCUT2D eigenvalue weighted by Crippen LogP contribution is 2.42. The topological polar surface area (TPSA) is 37.4 Å². The molecule has 1 aromatic rings. The maximum absolute atomic E-state index is 12.6. The van der Waals surface area contributed by atoms with Crippen molar-refractivity contribution in [2.75, 3.05) is 6.54 Å². The van der Waals surface area contributed by atoms with Gasteiger partial charge in [-0.1, -0.05) is 49.6 Å². The molecule has 1 saturated carbocycles. The summed E-state index contributed by atoms with van der Waals surface area (Å²) in [5.41, 5.74) is 0.434. The Labute approximate surface area is 113 Å². The van der Waals surface area contributed by atoms with Crippen LogP contribution in [0.25, 0.3) is 0 Å². The highest BCUT2D eigenvalue weighted by Gasteiger charge is 2.53. The normalized spacial score (nSPS) is 22.2. The van der Waals surface area contributed by atoms with E-state index in [0.717, 1.165) is 37.7 Å². The molecular formula is C16H19NO2. The van der Waals surface area contributed by atoms with Gasteiger partial charge in [-0.3, -0.25) is 9.59 Å². The number of nitrogens with zero attached hydrogens (tertiary/aromatic N) is 1. The molecule has 0 aromatic heterocycles. The van der Waals surface area contributed by atoms with Crippen molar-refractivity contribution in [3.8, 4) is 0 Å². The molecule has 1 saturated heterocycles. The standard InChI is InChI=1S/C16H19NO2/c18-14-12-17(11-13-7-3-1-4-8-13)15(19)16(14)9-5-2-6-10-16/h1,3-4,7-8H,2,5-6,9-12H2. The highest BCUT2D eigenvalue weighted by molar-refractivity contribution is 6.12. The van der Waals surface area contributed by atoms with Crippen molar-refractivity contribution in [3.63, 3.8) is 0 Å². The lowest BCUT2D eigenvalue weighted by molar-refractivity contribution is -0.141. The number of benzene rings is 1. The van der Waals surface area contributed by atoms with Gasteiger partial charge in [0.2, 0.25) is 5.91 Å². The van der Waals surface area contributed by atoms with Crippen LogP contribution in [0.5, 0.6) is 0 Å². The Bertz CT molecular complexity index is 489. The SMILES string of the molecule is O=C1CN(Cc2ccccc2)C(=O)C12CCCCC2. The molecule has 0 unspecified atom stereocenters. The highest BCUT2D eigenvalue weighted by atomic mass is 16.2. The minimum atomic E-state index is -0.660. The first-order valence-electron chi connectivity index (χ1n) is 7.09. The minimum Gasteiger partial charge on any atom is -0.330 e. The molecule has 3 rings (SSSR count). The van der Waals surface area contributed by atoms with E-state index in [0.29, 0.717) is 13.1 Å². The lowest BCUT2D eigenvalue weighted by Gasteiger charge is -2.29. The van der Waals surface area contributed by atoms with Crippen LogP contribution in [0.4, 0.5) is 0 Å². The summed E-state index contributed by atoms with van der Waals surface area (Å²) in [6.45, 7) is 0.862. The van der Waals surface area contributed by atoms with Crippen LogP contribution >= 0.6 is 0 Å². The third kappa shape index (κ3) is 2.07. The van der Waals surface area contributed by atoms with Crippen LogP contribution in [0.3, 0.4) is 0 Å². The number of hydrogen-bond donors (Lipinski definition) is 0. The fourth-order valence-corrected chi connectivity index (χ4v) is 3.40. The number of rotatable bonds is 2. The summed E-state index contributed by atoms with van der Waals surface area (Å²) < 4.78 is 0. The summed E-state index contributed by atoms with van der Waals surface area (Å²) >= 11 is 0. The van der Waals surface area contributed by atoms with Gasteiger partial charge < -0.3 is 4.90 Å². The maximum Gasteiger partial charge on any atom is 0.237 e. The molecular weight excluding hydrogens is 238 g/mol. The average Bonchev–Trinajstić information content (AvgIpc) is 2.67. The number of Topliss-reactive ketones (excluding diaryl/α,β-unsaturated/α-hetero) is 1. The smallest absolute Gasteiger partial charge is 0.237 e. The Morgan fingerprint density at radius 1 is 1.00 bits per heavy atom. The van der Waals surface area contributed by atoms with Gasteiger partial charge in [0.1, 0.15) is 5.41 Å². The fraction of sp³-hybridized carbons (Fsp3) is 0.500. The van der Waals surface area contributed by atoms with Gasteiger partial charge in [0, 0.05) is 6.54 Å². The molecule has 0 atom stereocenters. The molecule has 2 aliphatic rings. The van der Waals surface area contributed by atoms with Crippen LogP contribution in [0.2, 0.25) is 0 Å². The van der Waals surface area contributed by atoms with E-state index < -0.39 is 5.41 Å². The third-order valence-electron chi connectivity index (χ3n) is 4.49. The van der Waals surface area contributed by atoms with Crippen molar-refractivity contribution in [2.24, 2.45) is 5.41 Å². The number of hydrogen-bond acceptors (Lipinski definition) is 2. The molecule has 0 N–H and O–H groups in total. The van der Waals surface area contributed by atoms with E-state index in [9.17, 15) is 9.59 Å². The molecule has 0 bridgehead atoms. The first-order chi connectivity index (χ1) is 9.22. The van der Waals surface area contributed by atoms with Gasteiger partial charge in [-0.05, 0) is 18.4 Å². The van der Waals surface area contributed by atoms with Crippen LogP contribution in [0.1, 0.15) is 37.7 Å². The first kappa shape index (κ1) is 12.4. The lowest BCUT2D eigenvalue weighted by atomic mass is 9.72. The second-order valence-electron chi connectivity index (χ2n) is 5.71. The van der Waals surface area contributed by atoms with E-state index in [1.807, 2.05) is 30.3 Å². The van der Waals surface area contributed by atoms with Gasteiger partial charge in [-0.2, -0.15) is 0 Å². The van der Waals surface area contributed by atoms with Gasteiger partial charge >= 0.3 is 0 Å². The van der Waals surface area contributed by atoms with Crippen LogP contribution < -0.4 is 0 Å². The van der Waals surface area contributed by atoms with Crippen LogP contribution in [-0.2, 0) is 16.1 Å². The lowest BCUT2D eigenvalue weighted by Crippen LogP contribution is -2.38. The first-order valence-corrected chi connectivity index (χ1v) is 7.09. The van der Waals surface area contributed by atoms with Gasteiger partial charge in [0.25, 0.3) is 0 Å². The van der Waals surface area contributed by atoms with E-state index in [-0.39, 0.29) is 11.7 Å². The Morgan fingerprint density at radius 3 is 2.37 bits per heavy atom. The fourth-order valence-electron chi connectivity index (χ4n) is 3.40. The van der Waals surface area contributed by atoms with Crippen molar-refractivity contribution < 1.29 is 9.59 Å². The van der Waals surface area contributed by atoms with Crippen LogP contribution in [0.15, 0.2) is 30.3 Å². The summed E-state index contributed by atoms with van der Waals surface area (Å²) in [5.74, 6) is 0.217. The molecule has 1 aliphatic carbocycles. The number of carbonyl (C=O) groups is 2. The summed E-state index contributed by atoms with van der Waals surface area (Å²) in [7, 11) is 0. The molecule has 1 aromatic carbocycles. The molecule has 3 heteroatoms.